The summed E-state index contributed by atoms with van der Waals surface area (Å²) in [6.45, 7) is 3.97. The van der Waals surface area contributed by atoms with Crippen molar-refractivity contribution in [3.05, 3.63) is 40.2 Å². The van der Waals surface area contributed by atoms with E-state index in [1.807, 2.05) is 13.8 Å². The first-order valence-corrected chi connectivity index (χ1v) is 6.53. The van der Waals surface area contributed by atoms with Gasteiger partial charge in [0.15, 0.2) is 0 Å². The molecule has 2 nitrogen and oxygen atoms in total. The van der Waals surface area contributed by atoms with Gasteiger partial charge in [-0.2, -0.15) is 0 Å². The smallest absolute Gasteiger partial charge is 0.227 e. The van der Waals surface area contributed by atoms with Crippen LogP contribution in [0.2, 0.25) is 10.0 Å². The molecule has 17 heavy (non-hydrogen) atoms. The maximum Gasteiger partial charge on any atom is 0.227 e. The minimum absolute atomic E-state index is 0.253. The van der Waals surface area contributed by atoms with Gasteiger partial charge in [-0.1, -0.05) is 39.1 Å². The van der Waals surface area contributed by atoms with Crippen molar-refractivity contribution in [3.8, 4) is 11.5 Å². The van der Waals surface area contributed by atoms with Crippen LogP contribution >= 0.6 is 39.1 Å². The molecule has 0 amide bonds. The predicted molar refractivity (Wildman–Crippen MR) is 73.9 cm³/mol. The SMILES string of the molecule is CC(C)(Br)c1cnc(-c2ccc(Cl)cc2Cl)o1. The van der Waals surface area contributed by atoms with E-state index < -0.39 is 0 Å². The van der Waals surface area contributed by atoms with Crippen LogP contribution in [0.3, 0.4) is 0 Å². The van der Waals surface area contributed by atoms with E-state index in [1.54, 1.807) is 24.4 Å². The lowest BCUT2D eigenvalue weighted by Crippen LogP contribution is -2.04. The zero-order valence-corrected chi connectivity index (χ0v) is 12.4. The van der Waals surface area contributed by atoms with Gasteiger partial charge in [-0.15, -0.1) is 0 Å². The van der Waals surface area contributed by atoms with Gasteiger partial charge in [-0.05, 0) is 32.0 Å². The Morgan fingerprint density at radius 1 is 1.29 bits per heavy atom. The summed E-state index contributed by atoms with van der Waals surface area (Å²) in [4.78, 5) is 4.22. The molecular weight excluding hydrogens is 325 g/mol. The molecule has 0 bridgehead atoms. The predicted octanol–water partition coefficient (Wildman–Crippen LogP) is 5.28. The van der Waals surface area contributed by atoms with E-state index in [4.69, 9.17) is 27.6 Å². The first kappa shape index (κ1) is 12.9. The number of alkyl halides is 1. The van der Waals surface area contributed by atoms with Gasteiger partial charge < -0.3 is 4.42 Å². The topological polar surface area (TPSA) is 26.0 Å². The number of oxazole rings is 1. The first-order chi connectivity index (χ1) is 7.88. The molecule has 0 saturated heterocycles. The lowest BCUT2D eigenvalue weighted by atomic mass is 10.2. The Hall–Kier alpha value is -0.510. The van der Waals surface area contributed by atoms with Crippen molar-refractivity contribution >= 4 is 39.1 Å². The maximum absolute atomic E-state index is 6.09. The van der Waals surface area contributed by atoms with Crippen LogP contribution in [-0.2, 0) is 4.32 Å². The summed E-state index contributed by atoms with van der Waals surface area (Å²) in [5, 5.41) is 1.12. The normalized spacial score (nSPS) is 11.8. The molecule has 0 N–H and O–H groups in total. The van der Waals surface area contributed by atoms with E-state index >= 15 is 0 Å². The number of hydrogen-bond donors (Lipinski definition) is 0. The standard InChI is InChI=1S/C12H10BrCl2NO/c1-12(2,13)10-6-16-11(17-10)8-4-3-7(14)5-9(8)15/h3-6H,1-2H3. The minimum Gasteiger partial charge on any atom is -0.440 e. The van der Waals surface area contributed by atoms with Gasteiger partial charge >= 0.3 is 0 Å². The fraction of sp³-hybridized carbons (Fsp3) is 0.250. The molecule has 0 fully saturated rings. The lowest BCUT2D eigenvalue weighted by Gasteiger charge is -2.10. The summed E-state index contributed by atoms with van der Waals surface area (Å²) >= 11 is 15.4. The van der Waals surface area contributed by atoms with Crippen LogP contribution in [0.5, 0.6) is 0 Å². The molecule has 90 valence electrons. The third-order valence-corrected chi connectivity index (χ3v) is 3.19. The summed E-state index contributed by atoms with van der Waals surface area (Å²) in [5.41, 5.74) is 0.735. The Labute approximate surface area is 118 Å². The van der Waals surface area contributed by atoms with Gasteiger partial charge in [-0.3, -0.25) is 0 Å². The van der Waals surface area contributed by atoms with Crippen molar-refractivity contribution in [1.82, 2.24) is 4.98 Å². The fourth-order valence-electron chi connectivity index (χ4n) is 1.34. The molecule has 0 aliphatic rings. The van der Waals surface area contributed by atoms with E-state index in [0.29, 0.717) is 15.9 Å². The van der Waals surface area contributed by atoms with Gasteiger partial charge in [0, 0.05) is 5.02 Å². The summed E-state index contributed by atoms with van der Waals surface area (Å²) in [7, 11) is 0. The minimum atomic E-state index is -0.253. The third-order valence-electron chi connectivity index (χ3n) is 2.25. The van der Waals surface area contributed by atoms with Crippen molar-refractivity contribution < 1.29 is 4.42 Å². The average molecular weight is 335 g/mol. The first-order valence-electron chi connectivity index (χ1n) is 4.98. The second-order valence-corrected chi connectivity index (χ2v) is 6.95. The Balaban J connectivity index is 2.44. The molecule has 0 radical (unpaired) electrons. The lowest BCUT2D eigenvalue weighted by molar-refractivity contribution is 0.481. The fourth-order valence-corrected chi connectivity index (χ4v) is 2.01. The van der Waals surface area contributed by atoms with Crippen molar-refractivity contribution in [1.29, 1.82) is 0 Å². The number of halogens is 3. The highest BCUT2D eigenvalue weighted by Gasteiger charge is 2.22. The zero-order chi connectivity index (χ0) is 12.6. The zero-order valence-electron chi connectivity index (χ0n) is 9.30. The molecule has 0 aliphatic carbocycles. The second-order valence-electron chi connectivity index (χ2n) is 4.13. The van der Waals surface area contributed by atoms with Crippen LogP contribution in [0.25, 0.3) is 11.5 Å². The summed E-state index contributed by atoms with van der Waals surface area (Å²) < 4.78 is 5.42. The second kappa shape index (κ2) is 4.63. The summed E-state index contributed by atoms with van der Waals surface area (Å²) in [6.07, 6.45) is 1.69. The summed E-state index contributed by atoms with van der Waals surface area (Å²) in [6, 6.07) is 5.22. The van der Waals surface area contributed by atoms with Crippen LogP contribution in [0.4, 0.5) is 0 Å². The van der Waals surface area contributed by atoms with Crippen LogP contribution in [0.15, 0.2) is 28.8 Å². The quantitative estimate of drug-likeness (QED) is 0.698. The Bertz CT molecular complexity index is 546. The highest BCUT2D eigenvalue weighted by Crippen LogP contribution is 2.35. The van der Waals surface area contributed by atoms with Gasteiger partial charge in [-0.25, -0.2) is 4.98 Å². The molecule has 2 rings (SSSR count). The van der Waals surface area contributed by atoms with Crippen LogP contribution in [-0.4, -0.2) is 4.98 Å². The molecule has 0 unspecified atom stereocenters. The highest BCUT2D eigenvalue weighted by atomic mass is 79.9. The van der Waals surface area contributed by atoms with Crippen molar-refractivity contribution in [3.63, 3.8) is 0 Å². The number of nitrogens with zero attached hydrogens (tertiary/aromatic N) is 1. The molecule has 1 heterocycles. The van der Waals surface area contributed by atoms with Crippen molar-refractivity contribution in [2.24, 2.45) is 0 Å². The number of aromatic nitrogens is 1. The van der Waals surface area contributed by atoms with E-state index in [9.17, 15) is 0 Å². The van der Waals surface area contributed by atoms with E-state index in [0.717, 1.165) is 11.3 Å². The molecule has 1 aromatic heterocycles. The van der Waals surface area contributed by atoms with Crippen LogP contribution in [0.1, 0.15) is 19.6 Å². The van der Waals surface area contributed by atoms with Gasteiger partial charge in [0.2, 0.25) is 5.89 Å². The highest BCUT2D eigenvalue weighted by molar-refractivity contribution is 9.09. The maximum atomic E-state index is 6.09. The molecular formula is C12H10BrCl2NO. The van der Waals surface area contributed by atoms with Crippen molar-refractivity contribution in [2.75, 3.05) is 0 Å². The van der Waals surface area contributed by atoms with Crippen LogP contribution in [0, 0.1) is 0 Å². The molecule has 0 saturated carbocycles. The number of benzene rings is 1. The van der Waals surface area contributed by atoms with E-state index in [1.165, 1.54) is 0 Å². The molecule has 2 aromatic rings. The van der Waals surface area contributed by atoms with E-state index in [-0.39, 0.29) is 4.32 Å². The largest absolute Gasteiger partial charge is 0.440 e. The number of hydrogen-bond acceptors (Lipinski definition) is 2. The van der Waals surface area contributed by atoms with Gasteiger partial charge in [0.05, 0.1) is 21.1 Å². The molecule has 0 spiro atoms. The average Bonchev–Trinajstić information content (AvgIpc) is 2.65. The molecule has 0 aliphatic heterocycles. The van der Waals surface area contributed by atoms with E-state index in [2.05, 4.69) is 20.9 Å². The number of rotatable bonds is 2. The summed E-state index contributed by atoms with van der Waals surface area (Å²) in [5.74, 6) is 1.24. The Morgan fingerprint density at radius 3 is 2.53 bits per heavy atom. The van der Waals surface area contributed by atoms with Crippen molar-refractivity contribution in [2.45, 2.75) is 18.2 Å². The van der Waals surface area contributed by atoms with Crippen LogP contribution < -0.4 is 0 Å². The third kappa shape index (κ3) is 2.84. The van der Waals surface area contributed by atoms with Gasteiger partial charge in [0.1, 0.15) is 5.76 Å². The molecule has 5 heteroatoms. The molecule has 0 atom stereocenters. The van der Waals surface area contributed by atoms with Gasteiger partial charge in [0.25, 0.3) is 0 Å². The monoisotopic (exact) mass is 333 g/mol. The molecule has 1 aromatic carbocycles. The Kier molecular flexibility index (Phi) is 3.53. The Morgan fingerprint density at radius 2 is 2.00 bits per heavy atom.